The van der Waals surface area contributed by atoms with Crippen LogP contribution in [0.3, 0.4) is 0 Å². The van der Waals surface area contributed by atoms with Crippen molar-refractivity contribution in [1.29, 1.82) is 0 Å². The smallest absolute Gasteiger partial charge is 0.251 e. The summed E-state index contributed by atoms with van der Waals surface area (Å²) < 4.78 is 16.5. The molecule has 3 aliphatic rings. The fourth-order valence-corrected chi connectivity index (χ4v) is 4.57. The van der Waals surface area contributed by atoms with E-state index in [1.807, 2.05) is 12.1 Å². The Morgan fingerprint density at radius 2 is 1.81 bits per heavy atom. The van der Waals surface area contributed by atoms with Gasteiger partial charge < -0.3 is 34.6 Å². The summed E-state index contributed by atoms with van der Waals surface area (Å²) in [7, 11) is 0. The highest BCUT2D eigenvalue weighted by Gasteiger charge is 2.43. The van der Waals surface area contributed by atoms with E-state index in [0.29, 0.717) is 49.9 Å². The number of nitrogens with one attached hydrogen (secondary N) is 1. The molecule has 1 aromatic heterocycles. The van der Waals surface area contributed by atoms with E-state index in [4.69, 9.17) is 14.2 Å². The first kappa shape index (κ1) is 21.0. The number of morpholine rings is 1. The maximum atomic E-state index is 12.9. The molecular weight excluding hydrogens is 414 g/mol. The van der Waals surface area contributed by atoms with E-state index in [0.717, 1.165) is 24.5 Å². The molecule has 5 rings (SSSR count). The average Bonchev–Trinajstić information content (AvgIpc) is 3.13. The van der Waals surface area contributed by atoms with E-state index in [-0.39, 0.29) is 11.8 Å². The second kappa shape index (κ2) is 8.93. The number of aliphatic hydroxyl groups excluding tert-OH is 2. The maximum absolute atomic E-state index is 12.9. The fourth-order valence-electron chi connectivity index (χ4n) is 4.57. The zero-order chi connectivity index (χ0) is 22.1. The van der Waals surface area contributed by atoms with Crippen LogP contribution in [0, 0.1) is 0 Å². The maximum Gasteiger partial charge on any atom is 0.251 e. The van der Waals surface area contributed by atoms with Crippen LogP contribution >= 0.6 is 0 Å². The number of aromatic nitrogens is 1. The number of nitrogens with zero attached hydrogens (tertiary/aromatic N) is 2. The average molecular weight is 441 g/mol. The first-order valence-electron chi connectivity index (χ1n) is 11.0. The standard InChI is InChI=1S/C23H27N3O6/c27-17-12-16(15-2-4-20(24-13-15)26-5-7-30-8-6-26)21(22(17)28)25-23(29)14-1-3-18-19(11-14)32-10-9-31-18/h1-4,11,13,16-17,21-22,27-28H,5-10,12H2,(H,25,29)/t16-,17-,21-,22-/m1/s1. The van der Waals surface area contributed by atoms with Crippen LogP contribution in [0.15, 0.2) is 36.5 Å². The van der Waals surface area contributed by atoms with Gasteiger partial charge >= 0.3 is 0 Å². The van der Waals surface area contributed by atoms with Gasteiger partial charge in [-0.25, -0.2) is 4.98 Å². The van der Waals surface area contributed by atoms with E-state index >= 15 is 0 Å². The summed E-state index contributed by atoms with van der Waals surface area (Å²) in [6, 6.07) is 8.26. The van der Waals surface area contributed by atoms with Gasteiger partial charge in [0.25, 0.3) is 5.91 Å². The number of hydrogen-bond acceptors (Lipinski definition) is 8. The van der Waals surface area contributed by atoms with Crippen molar-refractivity contribution in [3.63, 3.8) is 0 Å². The second-order valence-corrected chi connectivity index (χ2v) is 8.31. The summed E-state index contributed by atoms with van der Waals surface area (Å²) in [5.74, 6) is 1.40. The Morgan fingerprint density at radius 1 is 1.03 bits per heavy atom. The van der Waals surface area contributed by atoms with Crippen LogP contribution in [0.25, 0.3) is 0 Å². The second-order valence-electron chi connectivity index (χ2n) is 8.31. The number of fused-ring (bicyclic) bond motifs is 1. The van der Waals surface area contributed by atoms with Crippen molar-refractivity contribution in [3.05, 3.63) is 47.7 Å². The van der Waals surface area contributed by atoms with Crippen LogP contribution in [-0.4, -0.2) is 78.9 Å². The third-order valence-electron chi connectivity index (χ3n) is 6.33. The number of benzene rings is 1. The highest BCUT2D eigenvalue weighted by molar-refractivity contribution is 5.95. The van der Waals surface area contributed by atoms with Gasteiger partial charge in [-0.2, -0.15) is 0 Å². The molecule has 2 aromatic rings. The van der Waals surface area contributed by atoms with Crippen molar-refractivity contribution < 1.29 is 29.2 Å². The molecule has 2 aliphatic heterocycles. The van der Waals surface area contributed by atoms with Crippen molar-refractivity contribution in [2.75, 3.05) is 44.4 Å². The van der Waals surface area contributed by atoms with Crippen molar-refractivity contribution in [3.8, 4) is 11.5 Å². The molecular formula is C23H27N3O6. The minimum atomic E-state index is -1.07. The number of aliphatic hydroxyl groups is 2. The lowest BCUT2D eigenvalue weighted by molar-refractivity contribution is 0.0294. The first-order valence-corrected chi connectivity index (χ1v) is 11.0. The summed E-state index contributed by atoms with van der Waals surface area (Å²) >= 11 is 0. The Labute approximate surface area is 185 Å². The van der Waals surface area contributed by atoms with Crippen LogP contribution in [0.1, 0.15) is 28.3 Å². The Hall–Kier alpha value is -2.88. The summed E-state index contributed by atoms with van der Waals surface area (Å²) in [5, 5.41) is 23.8. The predicted molar refractivity (Wildman–Crippen MR) is 115 cm³/mol. The first-order chi connectivity index (χ1) is 15.6. The quantitative estimate of drug-likeness (QED) is 0.636. The van der Waals surface area contributed by atoms with E-state index in [1.54, 1.807) is 24.4 Å². The number of carbonyl (C=O) groups excluding carboxylic acids is 1. The molecule has 4 atom stereocenters. The monoisotopic (exact) mass is 441 g/mol. The van der Waals surface area contributed by atoms with Gasteiger partial charge in [0.15, 0.2) is 11.5 Å². The van der Waals surface area contributed by atoms with E-state index in [9.17, 15) is 15.0 Å². The summed E-state index contributed by atoms with van der Waals surface area (Å²) in [6.45, 7) is 3.85. The van der Waals surface area contributed by atoms with Crippen molar-refractivity contribution in [1.82, 2.24) is 10.3 Å². The largest absolute Gasteiger partial charge is 0.486 e. The Kier molecular flexibility index (Phi) is 5.86. The number of anilines is 1. The van der Waals surface area contributed by atoms with Gasteiger partial charge in [-0.1, -0.05) is 6.07 Å². The van der Waals surface area contributed by atoms with Crippen LogP contribution < -0.4 is 19.7 Å². The van der Waals surface area contributed by atoms with Crippen LogP contribution in [0.2, 0.25) is 0 Å². The molecule has 0 spiro atoms. The van der Waals surface area contributed by atoms with E-state index in [1.165, 1.54) is 0 Å². The molecule has 1 amide bonds. The SMILES string of the molecule is O=C(N[C@H]1[C@H](O)[C@H](O)C[C@@H]1c1ccc(N2CCOCC2)nc1)c1ccc2c(c1)OCCO2. The third-order valence-corrected chi connectivity index (χ3v) is 6.33. The number of carbonyl (C=O) groups is 1. The van der Waals surface area contributed by atoms with Crippen molar-refractivity contribution in [2.24, 2.45) is 0 Å². The summed E-state index contributed by atoms with van der Waals surface area (Å²) in [5.41, 5.74) is 1.27. The number of amides is 1. The van der Waals surface area contributed by atoms with Crippen LogP contribution in [0.5, 0.6) is 11.5 Å². The highest BCUT2D eigenvalue weighted by atomic mass is 16.6. The Bertz CT molecular complexity index is 963. The molecule has 3 N–H and O–H groups in total. The summed E-state index contributed by atoms with van der Waals surface area (Å²) in [6.07, 6.45) is 0.111. The molecule has 0 unspecified atom stereocenters. The zero-order valence-electron chi connectivity index (χ0n) is 17.6. The van der Waals surface area contributed by atoms with Gasteiger partial charge in [0.1, 0.15) is 25.1 Å². The minimum Gasteiger partial charge on any atom is -0.486 e. The lowest BCUT2D eigenvalue weighted by atomic mass is 9.94. The van der Waals surface area contributed by atoms with E-state index in [2.05, 4.69) is 15.2 Å². The molecule has 9 nitrogen and oxygen atoms in total. The molecule has 32 heavy (non-hydrogen) atoms. The third kappa shape index (κ3) is 4.11. The van der Waals surface area contributed by atoms with Gasteiger partial charge in [0.05, 0.1) is 25.4 Å². The number of pyridine rings is 1. The molecule has 1 aromatic carbocycles. The number of ether oxygens (including phenoxy) is 3. The van der Waals surface area contributed by atoms with Gasteiger partial charge in [0.2, 0.25) is 0 Å². The van der Waals surface area contributed by atoms with Gasteiger partial charge in [-0.05, 0) is 36.2 Å². The van der Waals surface area contributed by atoms with Crippen LogP contribution in [-0.2, 0) is 4.74 Å². The molecule has 2 fully saturated rings. The zero-order valence-corrected chi connectivity index (χ0v) is 17.6. The predicted octanol–water partition coefficient (Wildman–Crippen LogP) is 0.697. The number of hydrogen-bond donors (Lipinski definition) is 3. The molecule has 1 aliphatic carbocycles. The molecule has 1 saturated carbocycles. The minimum absolute atomic E-state index is 0.257. The summed E-state index contributed by atoms with van der Waals surface area (Å²) in [4.78, 5) is 19.7. The van der Waals surface area contributed by atoms with Gasteiger partial charge in [0, 0.05) is 30.8 Å². The van der Waals surface area contributed by atoms with Crippen molar-refractivity contribution in [2.45, 2.75) is 30.6 Å². The van der Waals surface area contributed by atoms with Gasteiger partial charge in [-0.3, -0.25) is 4.79 Å². The Morgan fingerprint density at radius 3 is 2.56 bits per heavy atom. The topological polar surface area (TPSA) is 113 Å². The molecule has 9 heteroatoms. The lowest BCUT2D eigenvalue weighted by Crippen LogP contribution is -2.45. The number of rotatable bonds is 4. The fraction of sp³-hybridized carbons (Fsp3) is 0.478. The van der Waals surface area contributed by atoms with E-state index < -0.39 is 18.2 Å². The highest BCUT2D eigenvalue weighted by Crippen LogP contribution is 2.36. The molecule has 1 saturated heterocycles. The molecule has 170 valence electrons. The van der Waals surface area contributed by atoms with Crippen LogP contribution in [0.4, 0.5) is 5.82 Å². The Balaban J connectivity index is 1.32. The lowest BCUT2D eigenvalue weighted by Gasteiger charge is -2.28. The normalized spacial score (nSPS) is 27.2. The molecule has 0 radical (unpaired) electrons. The van der Waals surface area contributed by atoms with Gasteiger partial charge in [-0.15, -0.1) is 0 Å². The molecule has 0 bridgehead atoms. The van der Waals surface area contributed by atoms with Crippen molar-refractivity contribution >= 4 is 11.7 Å². The molecule has 3 heterocycles.